The van der Waals surface area contributed by atoms with Gasteiger partial charge in [-0.25, -0.2) is 4.79 Å². The van der Waals surface area contributed by atoms with Crippen molar-refractivity contribution in [2.24, 2.45) is 0 Å². The molecule has 1 aliphatic rings. The van der Waals surface area contributed by atoms with Crippen molar-refractivity contribution >= 4 is 17.6 Å². The summed E-state index contributed by atoms with van der Waals surface area (Å²) in [5, 5.41) is 6.76. The summed E-state index contributed by atoms with van der Waals surface area (Å²) in [6, 6.07) is 10.0. The number of furan rings is 1. The van der Waals surface area contributed by atoms with Gasteiger partial charge in [0, 0.05) is 24.1 Å². The molecule has 0 saturated heterocycles. The number of nitrogens with zero attached hydrogens (tertiary/aromatic N) is 2. The first kappa shape index (κ1) is 18.6. The quantitative estimate of drug-likeness (QED) is 0.637. The first-order valence-electron chi connectivity index (χ1n) is 9.06. The molecule has 0 saturated carbocycles. The van der Waals surface area contributed by atoms with E-state index in [9.17, 15) is 9.59 Å². The Hall–Kier alpha value is -3.75. The molecule has 3 aromatic rings. The average molecular weight is 397 g/mol. The van der Waals surface area contributed by atoms with E-state index in [4.69, 9.17) is 18.6 Å². The van der Waals surface area contributed by atoms with Crippen molar-refractivity contribution in [1.82, 2.24) is 9.78 Å². The Kier molecular flexibility index (Phi) is 5.19. The van der Waals surface area contributed by atoms with Crippen LogP contribution in [0.4, 0.5) is 5.69 Å². The third-order valence-corrected chi connectivity index (χ3v) is 4.20. The number of anilines is 1. The number of rotatable bonds is 6. The van der Waals surface area contributed by atoms with Crippen LogP contribution in [0.15, 0.2) is 53.2 Å². The largest absolute Gasteiger partial charge is 0.486 e. The smallest absolute Gasteiger partial charge is 0.375 e. The summed E-state index contributed by atoms with van der Waals surface area (Å²) in [6.45, 7) is 2.81. The SMILES string of the molecule is CC(OC(=O)c1ccc(Cn2cccn2)o1)C(=O)Nc1ccc2c(c1)OCCO2. The van der Waals surface area contributed by atoms with Crippen LogP contribution >= 0.6 is 0 Å². The van der Waals surface area contributed by atoms with Crippen LogP contribution in [0, 0.1) is 0 Å². The molecular formula is C20H19N3O6. The molecule has 2 aromatic heterocycles. The second kappa shape index (κ2) is 8.09. The molecule has 1 aromatic carbocycles. The molecular weight excluding hydrogens is 378 g/mol. The molecule has 1 aliphatic heterocycles. The van der Waals surface area contributed by atoms with Gasteiger partial charge in [-0.1, -0.05) is 0 Å². The predicted octanol–water partition coefficient (Wildman–Crippen LogP) is 2.48. The molecule has 0 fully saturated rings. The fourth-order valence-electron chi connectivity index (χ4n) is 2.76. The maximum absolute atomic E-state index is 12.4. The Labute approximate surface area is 166 Å². The van der Waals surface area contributed by atoms with Crippen molar-refractivity contribution in [2.75, 3.05) is 18.5 Å². The zero-order valence-electron chi connectivity index (χ0n) is 15.7. The van der Waals surface area contributed by atoms with Crippen molar-refractivity contribution in [2.45, 2.75) is 19.6 Å². The second-order valence-electron chi connectivity index (χ2n) is 6.36. The Morgan fingerprint density at radius 2 is 2.03 bits per heavy atom. The highest BCUT2D eigenvalue weighted by Gasteiger charge is 2.22. The number of aromatic nitrogens is 2. The van der Waals surface area contributed by atoms with Gasteiger partial charge in [0.1, 0.15) is 19.0 Å². The number of fused-ring (bicyclic) bond motifs is 1. The highest BCUT2D eigenvalue weighted by Crippen LogP contribution is 2.32. The van der Waals surface area contributed by atoms with Gasteiger partial charge in [0.15, 0.2) is 17.6 Å². The van der Waals surface area contributed by atoms with Crippen molar-refractivity contribution in [3.8, 4) is 11.5 Å². The first-order chi connectivity index (χ1) is 14.1. The van der Waals surface area contributed by atoms with E-state index in [0.29, 0.717) is 42.7 Å². The Bertz CT molecular complexity index is 1010. The maximum atomic E-state index is 12.4. The van der Waals surface area contributed by atoms with Gasteiger partial charge in [-0.3, -0.25) is 9.48 Å². The molecule has 3 heterocycles. The van der Waals surface area contributed by atoms with Crippen LogP contribution in [0.2, 0.25) is 0 Å². The molecule has 1 atom stereocenters. The Morgan fingerprint density at radius 3 is 2.83 bits per heavy atom. The minimum Gasteiger partial charge on any atom is -0.486 e. The monoisotopic (exact) mass is 397 g/mol. The minimum absolute atomic E-state index is 0.0196. The maximum Gasteiger partial charge on any atom is 0.375 e. The van der Waals surface area contributed by atoms with E-state index in [1.807, 2.05) is 0 Å². The molecule has 29 heavy (non-hydrogen) atoms. The van der Waals surface area contributed by atoms with E-state index in [0.717, 1.165) is 0 Å². The summed E-state index contributed by atoms with van der Waals surface area (Å²) >= 11 is 0. The van der Waals surface area contributed by atoms with Crippen LogP contribution in [-0.4, -0.2) is 41.0 Å². The zero-order valence-corrected chi connectivity index (χ0v) is 15.7. The third kappa shape index (κ3) is 4.40. The molecule has 9 nitrogen and oxygen atoms in total. The van der Waals surface area contributed by atoms with E-state index >= 15 is 0 Å². The van der Waals surface area contributed by atoms with E-state index in [1.54, 1.807) is 47.4 Å². The Balaban J connectivity index is 1.33. The lowest BCUT2D eigenvalue weighted by Crippen LogP contribution is -2.30. The topological polar surface area (TPSA) is 105 Å². The number of benzene rings is 1. The van der Waals surface area contributed by atoms with Gasteiger partial charge in [0.2, 0.25) is 5.76 Å². The van der Waals surface area contributed by atoms with Gasteiger partial charge in [-0.15, -0.1) is 0 Å². The fourth-order valence-corrected chi connectivity index (χ4v) is 2.76. The average Bonchev–Trinajstić information content (AvgIpc) is 3.40. The van der Waals surface area contributed by atoms with E-state index in [1.165, 1.54) is 13.0 Å². The lowest BCUT2D eigenvalue weighted by atomic mass is 10.2. The number of ether oxygens (including phenoxy) is 3. The van der Waals surface area contributed by atoms with Gasteiger partial charge >= 0.3 is 5.97 Å². The Morgan fingerprint density at radius 1 is 1.21 bits per heavy atom. The van der Waals surface area contributed by atoms with E-state index < -0.39 is 18.0 Å². The lowest BCUT2D eigenvalue weighted by Gasteiger charge is -2.19. The number of carbonyl (C=O) groups excluding carboxylic acids is 2. The zero-order chi connectivity index (χ0) is 20.2. The van der Waals surface area contributed by atoms with Gasteiger partial charge in [-0.2, -0.15) is 5.10 Å². The molecule has 0 aliphatic carbocycles. The van der Waals surface area contributed by atoms with Crippen LogP contribution in [0.1, 0.15) is 23.2 Å². The molecule has 0 radical (unpaired) electrons. The summed E-state index contributed by atoms with van der Waals surface area (Å²) in [6.07, 6.45) is 2.42. The number of amides is 1. The van der Waals surface area contributed by atoms with Crippen molar-refractivity contribution in [3.05, 3.63) is 60.3 Å². The third-order valence-electron chi connectivity index (χ3n) is 4.20. The van der Waals surface area contributed by atoms with Crippen LogP contribution in [-0.2, 0) is 16.1 Å². The summed E-state index contributed by atoms with van der Waals surface area (Å²) < 4.78 is 23.3. The van der Waals surface area contributed by atoms with Crippen molar-refractivity contribution in [3.63, 3.8) is 0 Å². The molecule has 4 rings (SSSR count). The summed E-state index contributed by atoms with van der Waals surface area (Å²) in [4.78, 5) is 24.6. The highest BCUT2D eigenvalue weighted by atomic mass is 16.6. The fraction of sp³-hybridized carbons (Fsp3) is 0.250. The van der Waals surface area contributed by atoms with Crippen LogP contribution < -0.4 is 14.8 Å². The molecule has 9 heteroatoms. The van der Waals surface area contributed by atoms with Crippen LogP contribution in [0.3, 0.4) is 0 Å². The number of carbonyl (C=O) groups is 2. The summed E-state index contributed by atoms with van der Waals surface area (Å²) in [5.41, 5.74) is 0.515. The van der Waals surface area contributed by atoms with Crippen molar-refractivity contribution < 1.29 is 28.2 Å². The predicted molar refractivity (Wildman–Crippen MR) is 101 cm³/mol. The first-order valence-corrected chi connectivity index (χ1v) is 9.06. The van der Waals surface area contributed by atoms with Gasteiger partial charge in [0.25, 0.3) is 5.91 Å². The van der Waals surface area contributed by atoms with Crippen molar-refractivity contribution in [1.29, 1.82) is 0 Å². The van der Waals surface area contributed by atoms with Crippen LogP contribution in [0.25, 0.3) is 0 Å². The van der Waals surface area contributed by atoms with Crippen LogP contribution in [0.5, 0.6) is 11.5 Å². The van der Waals surface area contributed by atoms with E-state index in [-0.39, 0.29) is 5.76 Å². The minimum atomic E-state index is -1.02. The second-order valence-corrected chi connectivity index (χ2v) is 6.36. The number of esters is 1. The molecule has 1 N–H and O–H groups in total. The van der Waals surface area contributed by atoms with Gasteiger partial charge < -0.3 is 23.9 Å². The molecule has 1 unspecified atom stereocenters. The van der Waals surface area contributed by atoms with E-state index in [2.05, 4.69) is 10.4 Å². The highest BCUT2D eigenvalue weighted by molar-refractivity contribution is 5.96. The number of nitrogens with one attached hydrogen (secondary N) is 1. The molecule has 0 bridgehead atoms. The number of hydrogen-bond donors (Lipinski definition) is 1. The summed E-state index contributed by atoms with van der Waals surface area (Å²) in [7, 11) is 0. The lowest BCUT2D eigenvalue weighted by molar-refractivity contribution is -0.123. The standard InChI is InChI=1S/C20H19N3O6/c1-13(19(24)22-14-3-5-16-18(11-14)27-10-9-26-16)28-20(25)17-6-4-15(29-17)12-23-8-2-7-21-23/h2-8,11,13H,9-10,12H2,1H3,(H,22,24). The van der Waals surface area contributed by atoms with Gasteiger partial charge in [-0.05, 0) is 37.3 Å². The summed E-state index contributed by atoms with van der Waals surface area (Å²) in [5.74, 6) is 0.552. The number of hydrogen-bond acceptors (Lipinski definition) is 7. The molecule has 150 valence electrons. The van der Waals surface area contributed by atoms with Gasteiger partial charge in [0.05, 0.1) is 6.54 Å². The molecule has 1 amide bonds. The molecule has 0 spiro atoms. The normalized spacial score (nSPS) is 13.6.